The Balaban J connectivity index is 1.94. The molecular weight excluding hydrogens is 264 g/mol. The van der Waals surface area contributed by atoms with Crippen molar-refractivity contribution in [3.63, 3.8) is 0 Å². The van der Waals surface area contributed by atoms with E-state index in [0.29, 0.717) is 11.4 Å². The number of hydrogen-bond acceptors (Lipinski definition) is 3. The monoisotopic (exact) mass is 276 g/mol. The molecule has 4 nitrogen and oxygen atoms in total. The Kier molecular flexibility index (Phi) is 3.43. The summed E-state index contributed by atoms with van der Waals surface area (Å²) in [6.45, 7) is 0. The molecule has 0 fully saturated rings. The third kappa shape index (κ3) is 2.79. The van der Waals surface area contributed by atoms with Crippen LogP contribution < -0.4 is 0 Å². The number of rotatable bonds is 3. The van der Waals surface area contributed by atoms with E-state index in [1.54, 1.807) is 6.20 Å². The van der Waals surface area contributed by atoms with E-state index >= 15 is 0 Å². The lowest BCUT2D eigenvalue weighted by molar-refractivity contribution is 0.0697. The molecule has 2 heterocycles. The standard InChI is InChI=1S/C17H12N2O2/c20-17(21)13-8-9-18-16(10-13)15-7-6-14(11-19-15)12-4-2-1-3-5-12/h1-11H,(H,20,21). The van der Waals surface area contributed by atoms with E-state index in [0.717, 1.165) is 11.1 Å². The molecule has 0 aliphatic rings. The predicted octanol–water partition coefficient (Wildman–Crippen LogP) is 3.51. The minimum Gasteiger partial charge on any atom is -0.478 e. The Morgan fingerprint density at radius 1 is 0.857 bits per heavy atom. The first-order chi connectivity index (χ1) is 10.2. The van der Waals surface area contributed by atoms with Crippen LogP contribution in [0, 0.1) is 0 Å². The highest BCUT2D eigenvalue weighted by Gasteiger charge is 2.07. The summed E-state index contributed by atoms with van der Waals surface area (Å²) in [6.07, 6.45) is 3.24. The van der Waals surface area contributed by atoms with Crippen LogP contribution in [0.3, 0.4) is 0 Å². The maximum Gasteiger partial charge on any atom is 0.335 e. The van der Waals surface area contributed by atoms with Crippen molar-refractivity contribution in [1.82, 2.24) is 9.97 Å². The van der Waals surface area contributed by atoms with Gasteiger partial charge in [-0.15, -0.1) is 0 Å². The van der Waals surface area contributed by atoms with Gasteiger partial charge in [0.1, 0.15) is 0 Å². The topological polar surface area (TPSA) is 63.1 Å². The van der Waals surface area contributed by atoms with Crippen LogP contribution in [0.1, 0.15) is 10.4 Å². The van der Waals surface area contributed by atoms with Crippen molar-refractivity contribution in [2.45, 2.75) is 0 Å². The largest absolute Gasteiger partial charge is 0.478 e. The molecule has 0 atom stereocenters. The predicted molar refractivity (Wildman–Crippen MR) is 79.9 cm³/mol. The summed E-state index contributed by atoms with van der Waals surface area (Å²) >= 11 is 0. The van der Waals surface area contributed by atoms with Gasteiger partial charge in [-0.05, 0) is 23.8 Å². The second-order valence-electron chi connectivity index (χ2n) is 4.53. The average Bonchev–Trinajstić information content (AvgIpc) is 2.56. The molecular formula is C17H12N2O2. The molecule has 0 unspecified atom stereocenters. The Bertz CT molecular complexity index is 768. The van der Waals surface area contributed by atoms with Crippen LogP contribution in [-0.4, -0.2) is 21.0 Å². The molecule has 0 saturated carbocycles. The van der Waals surface area contributed by atoms with Gasteiger partial charge in [-0.3, -0.25) is 9.97 Å². The van der Waals surface area contributed by atoms with E-state index in [4.69, 9.17) is 5.11 Å². The van der Waals surface area contributed by atoms with Crippen LogP contribution in [0.15, 0.2) is 67.0 Å². The number of aromatic carboxylic acids is 1. The van der Waals surface area contributed by atoms with Crippen LogP contribution in [-0.2, 0) is 0 Å². The quantitative estimate of drug-likeness (QED) is 0.795. The number of aromatic nitrogens is 2. The van der Waals surface area contributed by atoms with Crippen molar-refractivity contribution in [1.29, 1.82) is 0 Å². The Hall–Kier alpha value is -3.01. The zero-order valence-corrected chi connectivity index (χ0v) is 11.1. The molecule has 1 N–H and O–H groups in total. The van der Waals surface area contributed by atoms with Gasteiger partial charge in [-0.25, -0.2) is 4.79 Å². The van der Waals surface area contributed by atoms with Crippen LogP contribution >= 0.6 is 0 Å². The zero-order chi connectivity index (χ0) is 14.7. The highest BCUT2D eigenvalue weighted by atomic mass is 16.4. The van der Waals surface area contributed by atoms with Gasteiger partial charge < -0.3 is 5.11 Å². The highest BCUT2D eigenvalue weighted by molar-refractivity contribution is 5.88. The second kappa shape index (κ2) is 5.54. The number of pyridine rings is 2. The van der Waals surface area contributed by atoms with Crippen molar-refractivity contribution < 1.29 is 9.90 Å². The zero-order valence-electron chi connectivity index (χ0n) is 11.1. The van der Waals surface area contributed by atoms with Crippen molar-refractivity contribution in [3.8, 4) is 22.5 Å². The lowest BCUT2D eigenvalue weighted by Gasteiger charge is -2.04. The molecule has 0 saturated heterocycles. The minimum absolute atomic E-state index is 0.203. The second-order valence-corrected chi connectivity index (χ2v) is 4.53. The summed E-state index contributed by atoms with van der Waals surface area (Å²) in [6, 6.07) is 16.7. The Morgan fingerprint density at radius 2 is 1.67 bits per heavy atom. The molecule has 4 heteroatoms. The summed E-state index contributed by atoms with van der Waals surface area (Å²) in [7, 11) is 0. The van der Waals surface area contributed by atoms with Crippen molar-refractivity contribution in [2.24, 2.45) is 0 Å². The number of carbonyl (C=O) groups is 1. The van der Waals surface area contributed by atoms with Crippen LogP contribution in [0.2, 0.25) is 0 Å². The minimum atomic E-state index is -0.973. The van der Waals surface area contributed by atoms with Gasteiger partial charge in [0.05, 0.1) is 17.0 Å². The van der Waals surface area contributed by atoms with E-state index in [1.807, 2.05) is 42.5 Å². The summed E-state index contributed by atoms with van der Waals surface area (Å²) < 4.78 is 0. The maximum atomic E-state index is 11.0. The van der Waals surface area contributed by atoms with E-state index in [1.165, 1.54) is 18.3 Å². The third-order valence-electron chi connectivity index (χ3n) is 3.14. The molecule has 0 amide bonds. The molecule has 21 heavy (non-hydrogen) atoms. The first kappa shape index (κ1) is 13.0. The maximum absolute atomic E-state index is 11.0. The smallest absolute Gasteiger partial charge is 0.335 e. The fourth-order valence-corrected chi connectivity index (χ4v) is 2.05. The van der Waals surface area contributed by atoms with Crippen LogP contribution in [0.4, 0.5) is 0 Å². The molecule has 0 aliphatic heterocycles. The summed E-state index contributed by atoms with van der Waals surface area (Å²) in [4.78, 5) is 19.5. The fourth-order valence-electron chi connectivity index (χ4n) is 2.05. The van der Waals surface area contributed by atoms with Gasteiger partial charge in [0.25, 0.3) is 0 Å². The molecule has 0 aliphatic carbocycles. The SMILES string of the molecule is O=C(O)c1ccnc(-c2ccc(-c3ccccc3)cn2)c1. The number of hydrogen-bond donors (Lipinski definition) is 1. The molecule has 2 aromatic heterocycles. The van der Waals surface area contributed by atoms with Gasteiger partial charge in [-0.1, -0.05) is 36.4 Å². The molecule has 3 rings (SSSR count). The summed E-state index contributed by atoms with van der Waals surface area (Å²) in [5.74, 6) is -0.973. The molecule has 102 valence electrons. The first-order valence-electron chi connectivity index (χ1n) is 6.45. The normalized spacial score (nSPS) is 10.3. The number of carboxylic acid groups (broad SMARTS) is 1. The third-order valence-corrected chi connectivity index (χ3v) is 3.14. The van der Waals surface area contributed by atoms with Gasteiger partial charge in [0.2, 0.25) is 0 Å². The van der Waals surface area contributed by atoms with Crippen molar-refractivity contribution >= 4 is 5.97 Å². The molecule has 0 radical (unpaired) electrons. The van der Waals surface area contributed by atoms with Gasteiger partial charge in [0.15, 0.2) is 0 Å². The van der Waals surface area contributed by atoms with E-state index in [9.17, 15) is 4.79 Å². The van der Waals surface area contributed by atoms with Crippen molar-refractivity contribution in [2.75, 3.05) is 0 Å². The van der Waals surface area contributed by atoms with E-state index < -0.39 is 5.97 Å². The molecule has 3 aromatic rings. The molecule has 1 aromatic carbocycles. The highest BCUT2D eigenvalue weighted by Crippen LogP contribution is 2.21. The van der Waals surface area contributed by atoms with Gasteiger partial charge in [-0.2, -0.15) is 0 Å². The van der Waals surface area contributed by atoms with E-state index in [-0.39, 0.29) is 5.56 Å². The lowest BCUT2D eigenvalue weighted by atomic mass is 10.1. The molecule has 0 bridgehead atoms. The van der Waals surface area contributed by atoms with Crippen LogP contribution in [0.25, 0.3) is 22.5 Å². The van der Waals surface area contributed by atoms with E-state index in [2.05, 4.69) is 9.97 Å². The number of benzene rings is 1. The summed E-state index contributed by atoms with van der Waals surface area (Å²) in [5.41, 5.74) is 3.50. The Labute approximate surface area is 121 Å². The number of nitrogens with zero attached hydrogens (tertiary/aromatic N) is 2. The van der Waals surface area contributed by atoms with Gasteiger partial charge >= 0.3 is 5.97 Å². The number of carboxylic acids is 1. The Morgan fingerprint density at radius 3 is 2.33 bits per heavy atom. The molecule has 0 spiro atoms. The summed E-state index contributed by atoms with van der Waals surface area (Å²) in [5, 5.41) is 9.00. The average molecular weight is 276 g/mol. The fraction of sp³-hybridized carbons (Fsp3) is 0. The van der Waals surface area contributed by atoms with Crippen LogP contribution in [0.5, 0.6) is 0 Å². The van der Waals surface area contributed by atoms with Crippen molar-refractivity contribution in [3.05, 3.63) is 72.6 Å². The lowest BCUT2D eigenvalue weighted by Crippen LogP contribution is -1.97. The van der Waals surface area contributed by atoms with Gasteiger partial charge in [0, 0.05) is 18.0 Å². The first-order valence-corrected chi connectivity index (χ1v) is 6.45.